The van der Waals surface area contributed by atoms with Gasteiger partial charge in [0, 0.05) is 29.6 Å². The SMILES string of the molecule is CC(C)C1CN(c2cc(F)ccc2Br)C(C(C)C)CN1. The van der Waals surface area contributed by atoms with Crippen molar-refractivity contribution in [3.05, 3.63) is 28.5 Å². The number of hydrogen-bond donors (Lipinski definition) is 1. The van der Waals surface area contributed by atoms with Crippen LogP contribution in [0.25, 0.3) is 0 Å². The molecule has 4 heteroatoms. The molecule has 20 heavy (non-hydrogen) atoms. The number of anilines is 1. The molecule has 0 spiro atoms. The Morgan fingerprint density at radius 1 is 1.25 bits per heavy atom. The van der Waals surface area contributed by atoms with Gasteiger partial charge in [-0.3, -0.25) is 0 Å². The summed E-state index contributed by atoms with van der Waals surface area (Å²) in [6.07, 6.45) is 0. The van der Waals surface area contributed by atoms with Crippen molar-refractivity contribution in [1.29, 1.82) is 0 Å². The highest BCUT2D eigenvalue weighted by Crippen LogP contribution is 2.32. The topological polar surface area (TPSA) is 15.3 Å². The van der Waals surface area contributed by atoms with Crippen LogP contribution >= 0.6 is 15.9 Å². The monoisotopic (exact) mass is 342 g/mol. The molecular formula is C16H24BrFN2. The van der Waals surface area contributed by atoms with E-state index < -0.39 is 0 Å². The molecular weight excluding hydrogens is 319 g/mol. The molecule has 112 valence electrons. The Kier molecular flexibility index (Phi) is 5.08. The van der Waals surface area contributed by atoms with E-state index in [1.807, 2.05) is 0 Å². The highest BCUT2D eigenvalue weighted by molar-refractivity contribution is 9.10. The highest BCUT2D eigenvalue weighted by Gasteiger charge is 2.32. The van der Waals surface area contributed by atoms with Crippen molar-refractivity contribution >= 4 is 21.6 Å². The predicted molar refractivity (Wildman–Crippen MR) is 86.7 cm³/mol. The van der Waals surface area contributed by atoms with E-state index in [0.29, 0.717) is 23.9 Å². The van der Waals surface area contributed by atoms with Crippen LogP contribution in [0.15, 0.2) is 22.7 Å². The van der Waals surface area contributed by atoms with Gasteiger partial charge >= 0.3 is 0 Å². The molecule has 1 heterocycles. The van der Waals surface area contributed by atoms with Crippen LogP contribution in [0.1, 0.15) is 27.7 Å². The van der Waals surface area contributed by atoms with Crippen LogP contribution < -0.4 is 10.2 Å². The minimum absolute atomic E-state index is 0.176. The van der Waals surface area contributed by atoms with E-state index in [9.17, 15) is 4.39 Å². The Hall–Kier alpha value is -0.610. The van der Waals surface area contributed by atoms with Crippen molar-refractivity contribution in [2.45, 2.75) is 39.8 Å². The van der Waals surface area contributed by atoms with Crippen molar-refractivity contribution in [1.82, 2.24) is 5.32 Å². The summed E-state index contributed by atoms with van der Waals surface area (Å²) in [6.45, 7) is 10.8. The first-order valence-electron chi connectivity index (χ1n) is 7.35. The van der Waals surface area contributed by atoms with Gasteiger partial charge in [0.05, 0.1) is 5.69 Å². The maximum Gasteiger partial charge on any atom is 0.125 e. The predicted octanol–water partition coefficient (Wildman–Crippen LogP) is 4.05. The maximum atomic E-state index is 13.6. The van der Waals surface area contributed by atoms with E-state index in [1.165, 1.54) is 6.07 Å². The fraction of sp³-hybridized carbons (Fsp3) is 0.625. The molecule has 2 atom stereocenters. The zero-order valence-corrected chi connectivity index (χ0v) is 14.2. The molecule has 0 bridgehead atoms. The van der Waals surface area contributed by atoms with E-state index in [2.05, 4.69) is 53.8 Å². The van der Waals surface area contributed by atoms with Crippen LogP contribution in [-0.2, 0) is 0 Å². The van der Waals surface area contributed by atoms with Gasteiger partial charge in [-0.2, -0.15) is 0 Å². The molecule has 2 unspecified atom stereocenters. The summed E-state index contributed by atoms with van der Waals surface area (Å²) in [5.74, 6) is 0.911. The van der Waals surface area contributed by atoms with Gasteiger partial charge in [0.25, 0.3) is 0 Å². The summed E-state index contributed by atoms with van der Waals surface area (Å²) in [5, 5.41) is 3.63. The van der Waals surface area contributed by atoms with Gasteiger partial charge in [0.1, 0.15) is 5.82 Å². The van der Waals surface area contributed by atoms with Crippen LogP contribution in [-0.4, -0.2) is 25.2 Å². The molecule has 1 saturated heterocycles. The van der Waals surface area contributed by atoms with Crippen molar-refractivity contribution < 1.29 is 4.39 Å². The third kappa shape index (κ3) is 3.34. The van der Waals surface area contributed by atoms with Gasteiger partial charge in [0.15, 0.2) is 0 Å². The molecule has 0 aliphatic carbocycles. The Morgan fingerprint density at radius 2 is 1.95 bits per heavy atom. The molecule has 0 aromatic heterocycles. The van der Waals surface area contributed by atoms with Crippen LogP contribution in [0.2, 0.25) is 0 Å². The summed E-state index contributed by atoms with van der Waals surface area (Å²) in [5.41, 5.74) is 0.968. The lowest BCUT2D eigenvalue weighted by Gasteiger charge is -2.45. The van der Waals surface area contributed by atoms with E-state index in [1.54, 1.807) is 12.1 Å². The lowest BCUT2D eigenvalue weighted by atomic mass is 9.93. The molecule has 1 aromatic carbocycles. The second kappa shape index (κ2) is 6.44. The molecule has 1 aliphatic rings. The molecule has 1 aliphatic heterocycles. The van der Waals surface area contributed by atoms with Crippen LogP contribution in [0.3, 0.4) is 0 Å². The van der Waals surface area contributed by atoms with E-state index in [0.717, 1.165) is 23.2 Å². The Balaban J connectivity index is 2.33. The minimum Gasteiger partial charge on any atom is -0.364 e. The number of rotatable bonds is 3. The number of nitrogens with zero attached hydrogens (tertiary/aromatic N) is 1. The third-order valence-corrected chi connectivity index (χ3v) is 4.85. The van der Waals surface area contributed by atoms with Crippen molar-refractivity contribution in [2.24, 2.45) is 11.8 Å². The van der Waals surface area contributed by atoms with Gasteiger partial charge in [-0.05, 0) is 46.0 Å². The van der Waals surface area contributed by atoms with Gasteiger partial charge in [-0.1, -0.05) is 27.7 Å². The molecule has 0 radical (unpaired) electrons. The number of benzene rings is 1. The van der Waals surface area contributed by atoms with Crippen molar-refractivity contribution in [3.63, 3.8) is 0 Å². The van der Waals surface area contributed by atoms with Crippen LogP contribution in [0.5, 0.6) is 0 Å². The summed E-state index contributed by atoms with van der Waals surface area (Å²) < 4.78 is 14.6. The number of piperazine rings is 1. The third-order valence-electron chi connectivity index (χ3n) is 4.17. The first-order valence-corrected chi connectivity index (χ1v) is 8.14. The second-order valence-corrected chi connectivity index (χ2v) is 7.17. The molecule has 1 aromatic rings. The molecule has 2 rings (SSSR count). The van der Waals surface area contributed by atoms with Crippen LogP contribution in [0, 0.1) is 17.7 Å². The summed E-state index contributed by atoms with van der Waals surface area (Å²) in [7, 11) is 0. The number of hydrogen-bond acceptors (Lipinski definition) is 2. The lowest BCUT2D eigenvalue weighted by Crippen LogP contribution is -2.60. The highest BCUT2D eigenvalue weighted by atomic mass is 79.9. The molecule has 1 N–H and O–H groups in total. The maximum absolute atomic E-state index is 13.6. The number of nitrogens with one attached hydrogen (secondary N) is 1. The lowest BCUT2D eigenvalue weighted by molar-refractivity contribution is 0.295. The second-order valence-electron chi connectivity index (χ2n) is 6.32. The van der Waals surface area contributed by atoms with Crippen molar-refractivity contribution in [3.8, 4) is 0 Å². The van der Waals surface area contributed by atoms with Gasteiger partial charge in [-0.25, -0.2) is 4.39 Å². The van der Waals surface area contributed by atoms with Gasteiger partial charge < -0.3 is 10.2 Å². The zero-order chi connectivity index (χ0) is 14.9. The first-order chi connectivity index (χ1) is 9.40. The Bertz CT molecular complexity index is 462. The van der Waals surface area contributed by atoms with Crippen LogP contribution in [0.4, 0.5) is 10.1 Å². The van der Waals surface area contributed by atoms with E-state index in [-0.39, 0.29) is 5.82 Å². The fourth-order valence-corrected chi connectivity index (χ4v) is 3.29. The summed E-state index contributed by atoms with van der Waals surface area (Å²) >= 11 is 3.57. The zero-order valence-electron chi connectivity index (χ0n) is 12.7. The smallest absolute Gasteiger partial charge is 0.125 e. The molecule has 1 fully saturated rings. The summed E-state index contributed by atoms with van der Waals surface area (Å²) in [6, 6.07) is 5.78. The average molecular weight is 343 g/mol. The molecule has 0 saturated carbocycles. The average Bonchev–Trinajstić information content (AvgIpc) is 2.40. The van der Waals surface area contributed by atoms with Crippen molar-refractivity contribution in [2.75, 3.05) is 18.0 Å². The Labute approximate surface area is 129 Å². The van der Waals surface area contributed by atoms with E-state index >= 15 is 0 Å². The minimum atomic E-state index is -0.176. The first kappa shape index (κ1) is 15.8. The summed E-state index contributed by atoms with van der Waals surface area (Å²) in [4.78, 5) is 2.36. The molecule has 0 amide bonds. The largest absolute Gasteiger partial charge is 0.364 e. The Morgan fingerprint density at radius 3 is 2.55 bits per heavy atom. The fourth-order valence-electron chi connectivity index (χ4n) is 2.82. The van der Waals surface area contributed by atoms with Gasteiger partial charge in [-0.15, -0.1) is 0 Å². The quantitative estimate of drug-likeness (QED) is 0.891. The van der Waals surface area contributed by atoms with Gasteiger partial charge in [0.2, 0.25) is 0 Å². The normalized spacial score (nSPS) is 23.7. The standard InChI is InChI=1S/C16H24BrFN2/c1-10(2)14-9-20(16(8-19-14)11(3)4)15-7-12(18)5-6-13(15)17/h5-7,10-11,14,16,19H,8-9H2,1-4H3. The van der Waals surface area contributed by atoms with E-state index in [4.69, 9.17) is 0 Å². The number of halogens is 2. The molecule has 2 nitrogen and oxygen atoms in total.